The molecule has 0 unspecified atom stereocenters. The number of nitrogens with zero attached hydrogens (tertiary/aromatic N) is 2. The van der Waals surface area contributed by atoms with Crippen LogP contribution >= 0.6 is 0 Å². The highest BCUT2D eigenvalue weighted by molar-refractivity contribution is 5.97. The molecule has 6 nitrogen and oxygen atoms in total. The van der Waals surface area contributed by atoms with Crippen LogP contribution in [0, 0.1) is 0 Å². The van der Waals surface area contributed by atoms with E-state index >= 15 is 0 Å². The molecule has 40 heavy (non-hydrogen) atoms. The average molecular weight is 545 g/mol. The lowest BCUT2D eigenvalue weighted by Crippen LogP contribution is -2.09. The maximum absolute atomic E-state index is 13.8. The van der Waals surface area contributed by atoms with E-state index in [2.05, 4.69) is 10.2 Å². The Morgan fingerprint density at radius 3 is 2.38 bits per heavy atom. The molecule has 0 fully saturated rings. The van der Waals surface area contributed by atoms with Gasteiger partial charge in [-0.25, -0.2) is 4.79 Å². The summed E-state index contributed by atoms with van der Waals surface area (Å²) in [6.45, 7) is 0.115. The molecule has 1 N–H and O–H groups in total. The highest BCUT2D eigenvalue weighted by Crippen LogP contribution is 2.39. The topological polar surface area (TPSA) is 81.5 Å². The highest BCUT2D eigenvalue weighted by atomic mass is 19.4. The van der Waals surface area contributed by atoms with Crippen molar-refractivity contribution in [3.8, 4) is 22.6 Å². The summed E-state index contributed by atoms with van der Waals surface area (Å²) in [6, 6.07) is 25.2. The highest BCUT2D eigenvalue weighted by Gasteiger charge is 2.34. The Bertz CT molecular complexity index is 1690. The summed E-state index contributed by atoms with van der Waals surface area (Å²) in [4.78, 5) is 11.4. The van der Waals surface area contributed by atoms with E-state index in [1.165, 1.54) is 19.2 Å². The first-order valence-corrected chi connectivity index (χ1v) is 12.3. The number of hydrogen-bond acceptors (Lipinski definition) is 5. The van der Waals surface area contributed by atoms with Gasteiger partial charge in [-0.3, -0.25) is 0 Å². The summed E-state index contributed by atoms with van der Waals surface area (Å²) < 4.78 is 52.6. The van der Waals surface area contributed by atoms with Crippen molar-refractivity contribution >= 4 is 16.9 Å². The molecule has 0 bridgehead atoms. The Hall–Kier alpha value is -4.92. The molecule has 0 amide bonds. The molecule has 0 spiro atoms. The zero-order valence-electron chi connectivity index (χ0n) is 21.3. The van der Waals surface area contributed by atoms with Crippen LogP contribution in [0.25, 0.3) is 22.0 Å². The summed E-state index contributed by atoms with van der Waals surface area (Å²) in [5, 5.41) is 17.9. The van der Waals surface area contributed by atoms with Crippen LogP contribution in [0.1, 0.15) is 32.7 Å². The standard InChI is InChI=1S/C31H23F3N2O4/c1-39-27-16-20(13-14-23(27)30(37)38)18-40-22-10-5-9-21(17-22)28-24-11-6-12-25(31(32,33)34)29(24)36-35-26(28)15-19-7-3-2-4-8-19/h2-14,16-17H,15,18H2,1H3,(H,37,38). The minimum Gasteiger partial charge on any atom is -0.496 e. The maximum Gasteiger partial charge on any atom is 0.418 e. The normalized spacial score (nSPS) is 11.4. The Balaban J connectivity index is 1.55. The van der Waals surface area contributed by atoms with Gasteiger partial charge in [-0.05, 0) is 47.0 Å². The SMILES string of the molecule is COc1cc(COc2cccc(-c3c(Cc4ccccc4)nnc4c(C(F)(F)F)cccc34)c2)ccc1C(=O)O. The predicted octanol–water partition coefficient (Wildman–Crippen LogP) is 7.19. The van der Waals surface area contributed by atoms with Gasteiger partial charge in [0.2, 0.25) is 0 Å². The van der Waals surface area contributed by atoms with Gasteiger partial charge in [0.05, 0.1) is 18.4 Å². The molecule has 0 radical (unpaired) electrons. The fraction of sp³-hybridized carbons (Fsp3) is 0.129. The van der Waals surface area contributed by atoms with E-state index in [0.29, 0.717) is 39.9 Å². The van der Waals surface area contributed by atoms with E-state index < -0.39 is 17.7 Å². The first-order valence-electron chi connectivity index (χ1n) is 12.3. The Labute approximate surface area is 227 Å². The van der Waals surface area contributed by atoms with Crippen molar-refractivity contribution in [1.82, 2.24) is 10.2 Å². The smallest absolute Gasteiger partial charge is 0.418 e. The van der Waals surface area contributed by atoms with Gasteiger partial charge in [-0.1, -0.05) is 60.7 Å². The Kier molecular flexibility index (Phi) is 7.37. The molecule has 9 heteroatoms. The zero-order chi connectivity index (χ0) is 28.3. The maximum atomic E-state index is 13.8. The van der Waals surface area contributed by atoms with E-state index in [1.54, 1.807) is 42.5 Å². The summed E-state index contributed by atoms with van der Waals surface area (Å²) in [6.07, 6.45) is -4.22. The van der Waals surface area contributed by atoms with E-state index in [1.807, 2.05) is 30.3 Å². The van der Waals surface area contributed by atoms with E-state index in [-0.39, 0.29) is 23.4 Å². The van der Waals surface area contributed by atoms with Crippen LogP contribution in [0.15, 0.2) is 91.0 Å². The van der Waals surface area contributed by atoms with Gasteiger partial charge < -0.3 is 14.6 Å². The number of ether oxygens (including phenoxy) is 2. The third-order valence-electron chi connectivity index (χ3n) is 6.41. The Morgan fingerprint density at radius 2 is 1.65 bits per heavy atom. The number of aromatic nitrogens is 2. The summed E-state index contributed by atoms with van der Waals surface area (Å²) >= 11 is 0. The first kappa shape index (κ1) is 26.7. The van der Waals surface area contributed by atoms with Gasteiger partial charge in [0.1, 0.15) is 29.2 Å². The van der Waals surface area contributed by atoms with Crippen LogP contribution in [0.2, 0.25) is 0 Å². The van der Waals surface area contributed by atoms with Crippen molar-refractivity contribution in [3.05, 3.63) is 119 Å². The van der Waals surface area contributed by atoms with E-state index in [0.717, 1.165) is 11.6 Å². The lowest BCUT2D eigenvalue weighted by atomic mass is 9.94. The number of carboxylic acid groups (broad SMARTS) is 1. The number of halogens is 3. The third-order valence-corrected chi connectivity index (χ3v) is 6.41. The van der Waals surface area contributed by atoms with E-state index in [9.17, 15) is 23.1 Å². The molecular formula is C31H23F3N2O4. The van der Waals surface area contributed by atoms with Crippen molar-refractivity contribution in [3.63, 3.8) is 0 Å². The van der Waals surface area contributed by atoms with Gasteiger partial charge in [-0.2, -0.15) is 18.3 Å². The van der Waals surface area contributed by atoms with Gasteiger partial charge in [0, 0.05) is 17.4 Å². The molecule has 0 aliphatic rings. The Morgan fingerprint density at radius 1 is 0.875 bits per heavy atom. The lowest BCUT2D eigenvalue weighted by molar-refractivity contribution is -0.136. The van der Waals surface area contributed by atoms with Crippen LogP contribution in [-0.4, -0.2) is 28.4 Å². The predicted molar refractivity (Wildman–Crippen MR) is 144 cm³/mol. The van der Waals surface area contributed by atoms with Crippen LogP contribution in [0.4, 0.5) is 13.2 Å². The third kappa shape index (κ3) is 5.58. The van der Waals surface area contributed by atoms with Gasteiger partial charge in [-0.15, -0.1) is 5.10 Å². The first-order chi connectivity index (χ1) is 19.2. The van der Waals surface area contributed by atoms with Gasteiger partial charge >= 0.3 is 12.1 Å². The molecule has 0 atom stereocenters. The molecule has 1 heterocycles. The van der Waals surface area contributed by atoms with Crippen molar-refractivity contribution in [2.45, 2.75) is 19.2 Å². The molecule has 0 aliphatic carbocycles. The molecule has 0 saturated heterocycles. The van der Waals surface area contributed by atoms with E-state index in [4.69, 9.17) is 9.47 Å². The second kappa shape index (κ2) is 11.1. The fourth-order valence-corrected chi connectivity index (χ4v) is 4.54. The second-order valence-electron chi connectivity index (χ2n) is 9.04. The van der Waals surface area contributed by atoms with Crippen molar-refractivity contribution < 1.29 is 32.5 Å². The molecular weight excluding hydrogens is 521 g/mol. The molecule has 0 aliphatic heterocycles. The van der Waals surface area contributed by atoms with Gasteiger partial charge in [0.25, 0.3) is 0 Å². The number of aromatic carboxylic acids is 1. The molecule has 202 valence electrons. The quantitative estimate of drug-likeness (QED) is 0.223. The summed E-state index contributed by atoms with van der Waals surface area (Å²) in [5.41, 5.74) is 2.28. The number of fused-ring (bicyclic) bond motifs is 1. The van der Waals surface area contributed by atoms with Crippen LogP contribution in [0.5, 0.6) is 11.5 Å². The number of alkyl halides is 3. The number of hydrogen-bond donors (Lipinski definition) is 1. The van der Waals surface area contributed by atoms with Crippen LogP contribution in [-0.2, 0) is 19.2 Å². The molecule has 1 aromatic heterocycles. The number of methoxy groups -OCH3 is 1. The van der Waals surface area contributed by atoms with Crippen LogP contribution in [0.3, 0.4) is 0 Å². The minimum atomic E-state index is -4.59. The lowest BCUT2D eigenvalue weighted by Gasteiger charge is -2.16. The van der Waals surface area contributed by atoms with Crippen molar-refractivity contribution in [2.24, 2.45) is 0 Å². The number of carboxylic acids is 1. The fourth-order valence-electron chi connectivity index (χ4n) is 4.54. The number of benzene rings is 4. The molecule has 0 saturated carbocycles. The molecule has 4 aromatic carbocycles. The zero-order valence-corrected chi connectivity index (χ0v) is 21.3. The minimum absolute atomic E-state index is 0.0366. The van der Waals surface area contributed by atoms with Gasteiger partial charge in [0.15, 0.2) is 0 Å². The van der Waals surface area contributed by atoms with Crippen LogP contribution < -0.4 is 9.47 Å². The molecule has 5 aromatic rings. The average Bonchev–Trinajstić information content (AvgIpc) is 2.95. The largest absolute Gasteiger partial charge is 0.496 e. The molecule has 5 rings (SSSR count). The monoisotopic (exact) mass is 544 g/mol. The van der Waals surface area contributed by atoms with Crippen molar-refractivity contribution in [1.29, 1.82) is 0 Å². The summed E-state index contributed by atoms with van der Waals surface area (Å²) in [7, 11) is 1.39. The second-order valence-corrected chi connectivity index (χ2v) is 9.04. The summed E-state index contributed by atoms with van der Waals surface area (Å²) in [5.74, 6) is -0.417. The van der Waals surface area contributed by atoms with Crippen molar-refractivity contribution in [2.75, 3.05) is 7.11 Å². The number of carbonyl (C=O) groups is 1. The number of rotatable bonds is 8.